The van der Waals surface area contributed by atoms with Crippen LogP contribution in [0.25, 0.3) is 22.3 Å². The number of aromatic nitrogens is 3. The molecular formula is C15H14N4O. The second kappa shape index (κ2) is 4.77. The monoisotopic (exact) mass is 266 g/mol. The summed E-state index contributed by atoms with van der Waals surface area (Å²) in [5, 5.41) is 10.8. The van der Waals surface area contributed by atoms with Crippen LogP contribution in [0.1, 0.15) is 0 Å². The van der Waals surface area contributed by atoms with Gasteiger partial charge in [-0.15, -0.1) is 0 Å². The van der Waals surface area contributed by atoms with Crippen LogP contribution in [0, 0.1) is 0 Å². The van der Waals surface area contributed by atoms with E-state index in [0.717, 1.165) is 16.7 Å². The number of hydrogen-bond donors (Lipinski definition) is 1. The number of hydrogen-bond acceptors (Lipinski definition) is 5. The van der Waals surface area contributed by atoms with Gasteiger partial charge in [0.05, 0.1) is 11.1 Å². The normalized spacial score (nSPS) is 10.7. The Morgan fingerprint density at radius 1 is 1.00 bits per heavy atom. The van der Waals surface area contributed by atoms with E-state index in [1.807, 2.05) is 43.3 Å². The summed E-state index contributed by atoms with van der Waals surface area (Å²) in [4.78, 5) is 14.9. The summed E-state index contributed by atoms with van der Waals surface area (Å²) in [6, 6.07) is 11.3. The number of rotatable bonds is 2. The van der Waals surface area contributed by atoms with Gasteiger partial charge in [-0.2, -0.15) is 0 Å². The molecule has 0 saturated heterocycles. The third kappa shape index (κ3) is 2.03. The number of fused-ring (bicyclic) bond motifs is 1. The Labute approximate surface area is 116 Å². The van der Waals surface area contributed by atoms with Crippen LogP contribution in [0.15, 0.2) is 42.6 Å². The van der Waals surface area contributed by atoms with Crippen molar-refractivity contribution in [2.75, 3.05) is 19.0 Å². The molecule has 0 spiro atoms. The maximum Gasteiger partial charge on any atom is 0.222 e. The minimum atomic E-state index is -0.0625. The van der Waals surface area contributed by atoms with Gasteiger partial charge >= 0.3 is 0 Å². The van der Waals surface area contributed by atoms with Gasteiger partial charge in [-0.25, -0.2) is 15.0 Å². The van der Waals surface area contributed by atoms with Crippen molar-refractivity contribution in [2.45, 2.75) is 0 Å². The van der Waals surface area contributed by atoms with E-state index in [9.17, 15) is 5.11 Å². The SMILES string of the molecule is CN(C)c1nc(-c2cccnc2O)nc2ccccc12. The Bertz CT molecular complexity index is 771. The highest BCUT2D eigenvalue weighted by atomic mass is 16.3. The largest absolute Gasteiger partial charge is 0.493 e. The maximum absolute atomic E-state index is 9.86. The number of nitrogens with zero attached hydrogens (tertiary/aromatic N) is 4. The molecule has 0 aliphatic carbocycles. The van der Waals surface area contributed by atoms with Crippen molar-refractivity contribution in [1.82, 2.24) is 15.0 Å². The predicted molar refractivity (Wildman–Crippen MR) is 78.8 cm³/mol. The van der Waals surface area contributed by atoms with Crippen molar-refractivity contribution in [3.63, 3.8) is 0 Å². The first-order valence-corrected chi connectivity index (χ1v) is 6.25. The third-order valence-corrected chi connectivity index (χ3v) is 3.03. The first-order valence-electron chi connectivity index (χ1n) is 6.25. The Kier molecular flexibility index (Phi) is 2.95. The molecule has 0 saturated carbocycles. The fraction of sp³-hybridized carbons (Fsp3) is 0.133. The predicted octanol–water partition coefficient (Wildman–Crippen LogP) is 2.46. The highest BCUT2D eigenvalue weighted by Gasteiger charge is 2.13. The first-order chi connectivity index (χ1) is 9.66. The molecule has 3 rings (SSSR count). The Morgan fingerprint density at radius 3 is 2.55 bits per heavy atom. The molecule has 5 heteroatoms. The van der Waals surface area contributed by atoms with Crippen LogP contribution in [-0.2, 0) is 0 Å². The molecule has 0 aliphatic rings. The molecule has 0 fully saturated rings. The van der Waals surface area contributed by atoms with E-state index < -0.39 is 0 Å². The lowest BCUT2D eigenvalue weighted by molar-refractivity contribution is 0.455. The standard InChI is InChI=1S/C15H14N4O/c1-19(2)14-10-6-3-4-8-12(10)17-13(18-14)11-7-5-9-16-15(11)20/h3-9H,1-2H3,(H,16,20). The summed E-state index contributed by atoms with van der Waals surface area (Å²) in [6.45, 7) is 0. The van der Waals surface area contributed by atoms with E-state index in [0.29, 0.717) is 11.4 Å². The number of pyridine rings is 1. The Hall–Kier alpha value is -2.69. The maximum atomic E-state index is 9.86. The molecule has 2 aromatic heterocycles. The zero-order valence-electron chi connectivity index (χ0n) is 11.3. The van der Waals surface area contributed by atoms with Gasteiger partial charge in [-0.3, -0.25) is 0 Å². The summed E-state index contributed by atoms with van der Waals surface area (Å²) in [7, 11) is 3.86. The van der Waals surface area contributed by atoms with E-state index in [4.69, 9.17) is 0 Å². The Balaban J connectivity index is 2.30. The van der Waals surface area contributed by atoms with Crippen LogP contribution in [0.5, 0.6) is 5.88 Å². The average molecular weight is 266 g/mol. The van der Waals surface area contributed by atoms with Gasteiger partial charge in [0.15, 0.2) is 5.82 Å². The van der Waals surface area contributed by atoms with Crippen molar-refractivity contribution in [3.05, 3.63) is 42.6 Å². The van der Waals surface area contributed by atoms with Crippen molar-refractivity contribution in [1.29, 1.82) is 0 Å². The molecule has 20 heavy (non-hydrogen) atoms. The van der Waals surface area contributed by atoms with Gasteiger partial charge < -0.3 is 10.0 Å². The van der Waals surface area contributed by atoms with Crippen LogP contribution in [-0.4, -0.2) is 34.2 Å². The molecule has 5 nitrogen and oxygen atoms in total. The van der Waals surface area contributed by atoms with Crippen LogP contribution < -0.4 is 4.90 Å². The molecule has 1 aromatic carbocycles. The lowest BCUT2D eigenvalue weighted by Gasteiger charge is -2.15. The van der Waals surface area contributed by atoms with Crippen molar-refractivity contribution in [3.8, 4) is 17.3 Å². The fourth-order valence-electron chi connectivity index (χ4n) is 2.09. The fourth-order valence-corrected chi connectivity index (χ4v) is 2.09. The highest BCUT2D eigenvalue weighted by molar-refractivity contribution is 5.91. The highest BCUT2D eigenvalue weighted by Crippen LogP contribution is 2.29. The third-order valence-electron chi connectivity index (χ3n) is 3.03. The van der Waals surface area contributed by atoms with Gasteiger partial charge in [0.2, 0.25) is 5.88 Å². The summed E-state index contributed by atoms with van der Waals surface area (Å²) in [5.41, 5.74) is 1.37. The number of aromatic hydroxyl groups is 1. The molecular weight excluding hydrogens is 252 g/mol. The van der Waals surface area contributed by atoms with Gasteiger partial charge in [0.25, 0.3) is 0 Å². The molecule has 0 atom stereocenters. The molecule has 3 aromatic rings. The van der Waals surface area contributed by atoms with Crippen molar-refractivity contribution in [2.24, 2.45) is 0 Å². The van der Waals surface area contributed by atoms with E-state index in [1.165, 1.54) is 6.20 Å². The first kappa shape index (κ1) is 12.3. The molecule has 0 amide bonds. The van der Waals surface area contributed by atoms with Gasteiger partial charge in [0.1, 0.15) is 5.82 Å². The lowest BCUT2D eigenvalue weighted by Crippen LogP contribution is -2.12. The van der Waals surface area contributed by atoms with Crippen LogP contribution in [0.2, 0.25) is 0 Å². The summed E-state index contributed by atoms with van der Waals surface area (Å²) in [6.07, 6.45) is 1.53. The van der Waals surface area contributed by atoms with Gasteiger partial charge in [0, 0.05) is 25.7 Å². The molecule has 2 heterocycles. The van der Waals surface area contributed by atoms with Crippen LogP contribution in [0.4, 0.5) is 5.82 Å². The van der Waals surface area contributed by atoms with E-state index >= 15 is 0 Å². The van der Waals surface area contributed by atoms with E-state index in [-0.39, 0.29) is 5.88 Å². The average Bonchev–Trinajstić information content (AvgIpc) is 2.46. The minimum Gasteiger partial charge on any atom is -0.493 e. The second-order valence-electron chi connectivity index (χ2n) is 4.66. The zero-order valence-corrected chi connectivity index (χ0v) is 11.3. The summed E-state index contributed by atoms with van der Waals surface area (Å²) < 4.78 is 0. The number of para-hydroxylation sites is 1. The summed E-state index contributed by atoms with van der Waals surface area (Å²) in [5.74, 6) is 1.22. The molecule has 0 unspecified atom stereocenters. The number of benzene rings is 1. The number of anilines is 1. The van der Waals surface area contributed by atoms with E-state index in [2.05, 4.69) is 15.0 Å². The van der Waals surface area contributed by atoms with Crippen LogP contribution >= 0.6 is 0 Å². The van der Waals surface area contributed by atoms with Crippen LogP contribution in [0.3, 0.4) is 0 Å². The summed E-state index contributed by atoms with van der Waals surface area (Å²) >= 11 is 0. The molecule has 0 bridgehead atoms. The minimum absolute atomic E-state index is 0.0625. The quantitative estimate of drug-likeness (QED) is 0.772. The lowest BCUT2D eigenvalue weighted by atomic mass is 10.2. The second-order valence-corrected chi connectivity index (χ2v) is 4.66. The van der Waals surface area contributed by atoms with Gasteiger partial charge in [-0.1, -0.05) is 12.1 Å². The van der Waals surface area contributed by atoms with E-state index in [1.54, 1.807) is 12.1 Å². The Morgan fingerprint density at radius 2 is 1.80 bits per heavy atom. The smallest absolute Gasteiger partial charge is 0.222 e. The van der Waals surface area contributed by atoms with Crippen molar-refractivity contribution >= 4 is 16.7 Å². The molecule has 1 N–H and O–H groups in total. The molecule has 0 radical (unpaired) electrons. The molecule has 0 aliphatic heterocycles. The van der Waals surface area contributed by atoms with Gasteiger partial charge in [-0.05, 0) is 24.3 Å². The topological polar surface area (TPSA) is 62.1 Å². The zero-order chi connectivity index (χ0) is 14.1. The molecule has 100 valence electrons. The van der Waals surface area contributed by atoms with Crippen molar-refractivity contribution < 1.29 is 5.11 Å².